The molecule has 0 radical (unpaired) electrons. The summed E-state index contributed by atoms with van der Waals surface area (Å²) >= 11 is 0. The Bertz CT molecular complexity index is 1440. The van der Waals surface area contributed by atoms with E-state index in [9.17, 15) is 4.39 Å². The molecule has 0 spiro atoms. The average molecular weight is 647 g/mol. The second-order valence-electron chi connectivity index (χ2n) is 14.3. The zero-order valence-electron chi connectivity index (χ0n) is 28.6. The molecule has 3 aromatic rings. The fourth-order valence-electron chi connectivity index (χ4n) is 8.37. The number of aryl methyl sites for hydroxylation is 1. The van der Waals surface area contributed by atoms with E-state index in [-0.39, 0.29) is 17.0 Å². The van der Waals surface area contributed by atoms with Crippen molar-refractivity contribution in [2.75, 3.05) is 0 Å². The molecule has 254 valence electrons. The molecule has 0 N–H and O–H groups in total. The Morgan fingerprint density at radius 3 is 1.64 bits per heavy atom. The molecule has 0 unspecified atom stereocenters. The predicted molar refractivity (Wildman–Crippen MR) is 188 cm³/mol. The van der Waals surface area contributed by atoms with Crippen molar-refractivity contribution in [1.29, 1.82) is 0 Å². The van der Waals surface area contributed by atoms with Crippen LogP contribution >= 0.6 is 0 Å². The molecule has 0 aliphatic heterocycles. The maximum atomic E-state index is 15.5. The van der Waals surface area contributed by atoms with Gasteiger partial charge in [-0.05, 0) is 117 Å². The Kier molecular flexibility index (Phi) is 13.2. The van der Waals surface area contributed by atoms with Gasteiger partial charge in [0.05, 0.1) is 0 Å². The van der Waals surface area contributed by atoms with Crippen molar-refractivity contribution in [1.82, 2.24) is 0 Å². The van der Waals surface area contributed by atoms with Crippen LogP contribution in [0.3, 0.4) is 0 Å². The first kappa shape index (κ1) is 35.4. The van der Waals surface area contributed by atoms with Crippen molar-refractivity contribution in [3.63, 3.8) is 0 Å². The van der Waals surface area contributed by atoms with Crippen LogP contribution in [0.25, 0.3) is 22.3 Å². The number of hydrogen-bond acceptors (Lipinski definition) is 0. The van der Waals surface area contributed by atoms with Gasteiger partial charge in [0.25, 0.3) is 0 Å². The molecule has 4 heteroatoms. The van der Waals surface area contributed by atoms with Crippen LogP contribution in [0.2, 0.25) is 0 Å². The minimum atomic E-state index is -0.854. The van der Waals surface area contributed by atoms with Gasteiger partial charge in [-0.25, -0.2) is 17.6 Å². The molecule has 2 fully saturated rings. The van der Waals surface area contributed by atoms with E-state index in [1.54, 1.807) is 48.5 Å². The van der Waals surface area contributed by atoms with Gasteiger partial charge in [-0.15, -0.1) is 0 Å². The topological polar surface area (TPSA) is 0 Å². The molecule has 2 saturated carbocycles. The third kappa shape index (κ3) is 8.98. The quantitative estimate of drug-likeness (QED) is 0.0929. The second kappa shape index (κ2) is 17.5. The minimum absolute atomic E-state index is 0.0490. The van der Waals surface area contributed by atoms with Gasteiger partial charge in [0.2, 0.25) is 0 Å². The molecule has 0 aromatic heterocycles. The first-order chi connectivity index (χ1) is 22.9. The highest BCUT2D eigenvalue weighted by Gasteiger charge is 2.32. The van der Waals surface area contributed by atoms with Crippen molar-refractivity contribution in [3.05, 3.63) is 95.1 Å². The third-order valence-corrected chi connectivity index (χ3v) is 11.2. The van der Waals surface area contributed by atoms with Crippen LogP contribution in [0.5, 0.6) is 0 Å². The summed E-state index contributed by atoms with van der Waals surface area (Å²) < 4.78 is 61.1. The highest BCUT2D eigenvalue weighted by molar-refractivity contribution is 5.71. The molecule has 5 rings (SSSR count). The Morgan fingerprint density at radius 1 is 0.553 bits per heavy atom. The Hall–Kier alpha value is -2.88. The summed E-state index contributed by atoms with van der Waals surface area (Å²) in [5, 5.41) is 0. The largest absolute Gasteiger partial charge is 0.203 e. The van der Waals surface area contributed by atoms with Gasteiger partial charge in [0.1, 0.15) is 0 Å². The van der Waals surface area contributed by atoms with Gasteiger partial charge in [-0.3, -0.25) is 0 Å². The molecular weight excluding hydrogens is 592 g/mol. The third-order valence-electron chi connectivity index (χ3n) is 11.2. The molecule has 0 saturated heterocycles. The number of benzene rings is 3. The van der Waals surface area contributed by atoms with E-state index in [1.165, 1.54) is 57.8 Å². The molecule has 0 heterocycles. The summed E-state index contributed by atoms with van der Waals surface area (Å²) in [4.78, 5) is 0. The number of hydrogen-bond donors (Lipinski definition) is 0. The van der Waals surface area contributed by atoms with Crippen LogP contribution in [-0.2, 0) is 6.42 Å². The fourth-order valence-corrected chi connectivity index (χ4v) is 8.37. The molecule has 3 aromatic carbocycles. The van der Waals surface area contributed by atoms with E-state index in [2.05, 4.69) is 26.0 Å². The molecule has 0 amide bonds. The average Bonchev–Trinajstić information content (AvgIpc) is 3.10. The number of halogens is 4. The van der Waals surface area contributed by atoms with Crippen LogP contribution in [0.15, 0.2) is 60.7 Å². The van der Waals surface area contributed by atoms with Gasteiger partial charge in [0, 0.05) is 11.1 Å². The molecule has 0 bridgehead atoms. The summed E-state index contributed by atoms with van der Waals surface area (Å²) in [6.07, 6.45) is 23.4. The summed E-state index contributed by atoms with van der Waals surface area (Å²) in [5.74, 6) is -0.974. The Balaban J connectivity index is 1.17. The van der Waals surface area contributed by atoms with Crippen LogP contribution in [0.1, 0.15) is 134 Å². The normalized spacial score (nSPS) is 21.8. The number of unbranched alkanes of at least 4 members (excludes halogenated alkanes) is 7. The van der Waals surface area contributed by atoms with Gasteiger partial charge in [-0.2, -0.15) is 0 Å². The lowest BCUT2D eigenvalue weighted by Crippen LogP contribution is -2.25. The van der Waals surface area contributed by atoms with Crippen LogP contribution < -0.4 is 0 Å². The van der Waals surface area contributed by atoms with Gasteiger partial charge < -0.3 is 0 Å². The van der Waals surface area contributed by atoms with Crippen LogP contribution in [0.4, 0.5) is 17.6 Å². The molecule has 2 aliphatic carbocycles. The smallest absolute Gasteiger partial charge is 0.166 e. The van der Waals surface area contributed by atoms with Crippen molar-refractivity contribution < 1.29 is 17.6 Å². The second-order valence-corrected chi connectivity index (χ2v) is 14.3. The maximum Gasteiger partial charge on any atom is 0.166 e. The molecular formula is C43H54F4. The first-order valence-corrected chi connectivity index (χ1v) is 18.6. The standard InChI is InChI=1S/C43H54F4/c1-3-5-6-7-8-9-10-11-13-36-26-27-37(41(45)40(36)44)34-22-24-35(25-23-34)39-29-28-38(42(46)43(39)47)33-20-18-32(19-21-33)31-16-14-30(12-4-2)15-17-31/h4,12,22-33H,3,5-11,13-21H2,1-2H3/b12-4+. The summed E-state index contributed by atoms with van der Waals surface area (Å²) in [6.45, 7) is 4.31. The van der Waals surface area contributed by atoms with E-state index >= 15 is 13.2 Å². The molecule has 0 atom stereocenters. The highest BCUT2D eigenvalue weighted by Crippen LogP contribution is 2.45. The van der Waals surface area contributed by atoms with Crippen molar-refractivity contribution in [2.45, 2.75) is 129 Å². The number of allylic oxidation sites excluding steroid dienone is 2. The lowest BCUT2D eigenvalue weighted by molar-refractivity contribution is 0.170. The SMILES string of the molecule is C/C=C/C1CCC(C2CCC(c3ccc(-c4ccc(-c5ccc(CCCCCCCCCC)c(F)c5F)cc4)c(F)c3F)CC2)CC1. The van der Waals surface area contributed by atoms with E-state index in [0.717, 1.165) is 56.8 Å². The maximum absolute atomic E-state index is 15.5. The molecule has 0 nitrogen and oxygen atoms in total. The van der Waals surface area contributed by atoms with Gasteiger partial charge in [0.15, 0.2) is 23.3 Å². The Morgan fingerprint density at radius 2 is 1.06 bits per heavy atom. The van der Waals surface area contributed by atoms with E-state index in [0.29, 0.717) is 34.6 Å². The van der Waals surface area contributed by atoms with Gasteiger partial charge >= 0.3 is 0 Å². The lowest BCUT2D eigenvalue weighted by atomic mass is 9.68. The van der Waals surface area contributed by atoms with E-state index in [4.69, 9.17) is 0 Å². The van der Waals surface area contributed by atoms with Crippen LogP contribution in [0, 0.1) is 41.0 Å². The lowest BCUT2D eigenvalue weighted by Gasteiger charge is -2.37. The Labute approximate surface area is 281 Å². The van der Waals surface area contributed by atoms with Gasteiger partial charge in [-0.1, -0.05) is 113 Å². The first-order valence-electron chi connectivity index (χ1n) is 18.6. The van der Waals surface area contributed by atoms with E-state index in [1.807, 2.05) is 0 Å². The van der Waals surface area contributed by atoms with Crippen molar-refractivity contribution in [3.8, 4) is 22.3 Å². The summed E-state index contributed by atoms with van der Waals surface area (Å²) in [6, 6.07) is 13.4. The molecule has 47 heavy (non-hydrogen) atoms. The predicted octanol–water partition coefficient (Wildman–Crippen LogP) is 13.9. The number of rotatable bonds is 14. The summed E-state index contributed by atoms with van der Waals surface area (Å²) in [7, 11) is 0. The fraction of sp³-hybridized carbons (Fsp3) is 0.535. The zero-order chi connectivity index (χ0) is 33.2. The summed E-state index contributed by atoms with van der Waals surface area (Å²) in [5.41, 5.74) is 2.29. The minimum Gasteiger partial charge on any atom is -0.203 e. The molecule has 2 aliphatic rings. The van der Waals surface area contributed by atoms with Crippen LogP contribution in [-0.4, -0.2) is 0 Å². The zero-order valence-corrected chi connectivity index (χ0v) is 28.6. The highest BCUT2D eigenvalue weighted by atomic mass is 19.2. The van der Waals surface area contributed by atoms with Crippen molar-refractivity contribution in [2.24, 2.45) is 17.8 Å². The van der Waals surface area contributed by atoms with Crippen molar-refractivity contribution >= 4 is 0 Å². The van der Waals surface area contributed by atoms with E-state index < -0.39 is 23.3 Å². The monoisotopic (exact) mass is 646 g/mol.